The van der Waals surface area contributed by atoms with Crippen molar-refractivity contribution < 1.29 is 4.74 Å². The lowest BCUT2D eigenvalue weighted by atomic mass is 9.34. The molecule has 8 rings (SSSR count). The molecule has 0 unspecified atom stereocenters. The van der Waals surface area contributed by atoms with Crippen LogP contribution in [-0.4, -0.2) is 6.71 Å². The summed E-state index contributed by atoms with van der Waals surface area (Å²) in [7, 11) is 0. The van der Waals surface area contributed by atoms with Gasteiger partial charge in [0.1, 0.15) is 11.5 Å². The van der Waals surface area contributed by atoms with Gasteiger partial charge in [-0.05, 0) is 63.9 Å². The van der Waals surface area contributed by atoms with Crippen LogP contribution >= 0.6 is 43.5 Å². The molecular weight excluding hydrogens is 668 g/mol. The molecule has 2 nitrogen and oxygen atoms in total. The molecule has 0 spiro atoms. The molecule has 0 radical (unpaired) electrons. The molecular formula is C36H21BBr2ClNO. The Kier molecular flexibility index (Phi) is 6.29. The Morgan fingerprint density at radius 3 is 1.86 bits per heavy atom. The van der Waals surface area contributed by atoms with Gasteiger partial charge in [0, 0.05) is 36.5 Å². The first-order chi connectivity index (χ1) is 20.6. The SMILES string of the molecule is Clc1cc2c3c(c1)N(c1c(-c4ccccc4)cccc1-c1ccccc1)c1cc(Br)ccc1B3c1ccc(Br)cc1O2. The average Bonchev–Trinajstić information content (AvgIpc) is 3.01. The van der Waals surface area contributed by atoms with Crippen LogP contribution in [0.3, 0.4) is 0 Å². The second-order valence-corrected chi connectivity index (χ2v) is 12.8. The Hall–Kier alpha value is -3.77. The van der Waals surface area contributed by atoms with Gasteiger partial charge in [0.15, 0.2) is 0 Å². The van der Waals surface area contributed by atoms with Crippen molar-refractivity contribution in [3.05, 3.63) is 141 Å². The number of halogens is 3. The summed E-state index contributed by atoms with van der Waals surface area (Å²) < 4.78 is 8.58. The summed E-state index contributed by atoms with van der Waals surface area (Å²) >= 11 is 14.3. The standard InChI is InChI=1S/C36H21BBr2ClNO/c38-24-14-16-29-31(18-24)41(32-20-26(40)21-34-35(32)37(29)30-17-15-25(39)19-33(30)42-34)36-27(22-8-3-1-4-9-22)12-7-13-28(36)23-10-5-2-6-11-23/h1-21H. The van der Waals surface area contributed by atoms with Gasteiger partial charge in [0.05, 0.1) is 5.69 Å². The van der Waals surface area contributed by atoms with E-state index in [1.807, 2.05) is 12.1 Å². The fraction of sp³-hybridized carbons (Fsp3) is 0. The number of para-hydroxylation sites is 1. The highest BCUT2D eigenvalue weighted by molar-refractivity contribution is 9.10. The molecule has 6 aromatic rings. The Morgan fingerprint density at radius 2 is 1.19 bits per heavy atom. The monoisotopic (exact) mass is 687 g/mol. The number of fused-ring (bicyclic) bond motifs is 4. The van der Waals surface area contributed by atoms with Crippen LogP contribution in [0.25, 0.3) is 22.3 Å². The molecule has 6 aromatic carbocycles. The van der Waals surface area contributed by atoms with Crippen LogP contribution in [0.1, 0.15) is 0 Å². The molecule has 200 valence electrons. The first-order valence-corrected chi connectivity index (χ1v) is 15.7. The summed E-state index contributed by atoms with van der Waals surface area (Å²) in [5, 5.41) is 0.628. The largest absolute Gasteiger partial charge is 0.458 e. The zero-order valence-electron chi connectivity index (χ0n) is 22.2. The lowest BCUT2D eigenvalue weighted by Gasteiger charge is -2.41. The van der Waals surface area contributed by atoms with Crippen molar-refractivity contribution in [3.63, 3.8) is 0 Å². The molecule has 6 heteroatoms. The van der Waals surface area contributed by atoms with Gasteiger partial charge in [-0.3, -0.25) is 0 Å². The predicted octanol–water partition coefficient (Wildman–Crippen LogP) is 9.60. The van der Waals surface area contributed by atoms with E-state index < -0.39 is 0 Å². The van der Waals surface area contributed by atoms with Crippen LogP contribution in [0.15, 0.2) is 136 Å². The van der Waals surface area contributed by atoms with Crippen molar-refractivity contribution in [1.29, 1.82) is 0 Å². The normalized spacial score (nSPS) is 12.7. The van der Waals surface area contributed by atoms with Crippen LogP contribution < -0.4 is 26.0 Å². The molecule has 2 aliphatic heterocycles. The topological polar surface area (TPSA) is 12.5 Å². The summed E-state index contributed by atoms with van der Waals surface area (Å²) in [6.07, 6.45) is 0. The smallest absolute Gasteiger partial charge is 0.256 e. The van der Waals surface area contributed by atoms with Crippen molar-refractivity contribution in [3.8, 4) is 33.8 Å². The highest BCUT2D eigenvalue weighted by atomic mass is 79.9. The van der Waals surface area contributed by atoms with E-state index in [9.17, 15) is 0 Å². The third-order valence-electron chi connectivity index (χ3n) is 8.09. The van der Waals surface area contributed by atoms with Crippen molar-refractivity contribution in [1.82, 2.24) is 0 Å². The predicted molar refractivity (Wildman–Crippen MR) is 184 cm³/mol. The first-order valence-electron chi connectivity index (χ1n) is 13.7. The zero-order chi connectivity index (χ0) is 28.4. The Bertz CT molecular complexity index is 1960. The molecule has 0 amide bonds. The van der Waals surface area contributed by atoms with Crippen LogP contribution in [0.5, 0.6) is 11.5 Å². The van der Waals surface area contributed by atoms with E-state index >= 15 is 0 Å². The summed E-state index contributed by atoms with van der Waals surface area (Å²) in [5.41, 5.74) is 11.2. The Labute approximate surface area is 266 Å². The molecule has 0 N–H and O–H groups in total. The molecule has 0 atom stereocenters. The summed E-state index contributed by atoms with van der Waals surface area (Å²) in [6, 6.07) is 44.7. The number of hydrogen-bond donors (Lipinski definition) is 0. The molecule has 2 aliphatic rings. The van der Waals surface area contributed by atoms with Gasteiger partial charge in [-0.1, -0.05) is 134 Å². The molecule has 0 fully saturated rings. The van der Waals surface area contributed by atoms with Gasteiger partial charge in [0.2, 0.25) is 0 Å². The van der Waals surface area contributed by atoms with Crippen LogP contribution in [0.2, 0.25) is 5.02 Å². The molecule has 42 heavy (non-hydrogen) atoms. The number of ether oxygens (including phenoxy) is 1. The molecule has 0 saturated carbocycles. The van der Waals surface area contributed by atoms with E-state index in [1.165, 1.54) is 5.46 Å². The maximum absolute atomic E-state index is 6.89. The van der Waals surface area contributed by atoms with Gasteiger partial charge in [-0.2, -0.15) is 0 Å². The summed E-state index contributed by atoms with van der Waals surface area (Å²) in [6.45, 7) is -0.00692. The second kappa shape index (κ2) is 10.2. The fourth-order valence-electron chi connectivity index (χ4n) is 6.38. The highest BCUT2D eigenvalue weighted by Crippen LogP contribution is 2.49. The maximum atomic E-state index is 6.89. The first kappa shape index (κ1) is 25.9. The average molecular weight is 690 g/mol. The third-order valence-corrected chi connectivity index (χ3v) is 9.30. The minimum absolute atomic E-state index is 0.00692. The minimum Gasteiger partial charge on any atom is -0.458 e. The number of benzene rings is 6. The van der Waals surface area contributed by atoms with Crippen molar-refractivity contribution >= 4 is 83.6 Å². The van der Waals surface area contributed by atoms with E-state index in [0.717, 1.165) is 70.7 Å². The summed E-state index contributed by atoms with van der Waals surface area (Å²) in [4.78, 5) is 2.39. The van der Waals surface area contributed by atoms with Crippen LogP contribution in [-0.2, 0) is 0 Å². The molecule has 0 aliphatic carbocycles. The number of anilines is 3. The van der Waals surface area contributed by atoms with Gasteiger partial charge < -0.3 is 9.64 Å². The minimum atomic E-state index is -0.00692. The van der Waals surface area contributed by atoms with E-state index in [4.69, 9.17) is 16.3 Å². The zero-order valence-corrected chi connectivity index (χ0v) is 26.1. The molecule has 2 heterocycles. The molecule has 0 aromatic heterocycles. The van der Waals surface area contributed by atoms with Crippen molar-refractivity contribution in [2.45, 2.75) is 0 Å². The number of hydrogen-bond acceptors (Lipinski definition) is 2. The number of rotatable bonds is 3. The van der Waals surface area contributed by atoms with Crippen LogP contribution in [0.4, 0.5) is 17.1 Å². The van der Waals surface area contributed by atoms with Crippen LogP contribution in [0, 0.1) is 0 Å². The lowest BCUT2D eigenvalue weighted by Crippen LogP contribution is -2.59. The van der Waals surface area contributed by atoms with Crippen molar-refractivity contribution in [2.75, 3.05) is 4.90 Å². The van der Waals surface area contributed by atoms with Gasteiger partial charge in [0.25, 0.3) is 6.71 Å². The molecule has 0 saturated heterocycles. The van der Waals surface area contributed by atoms with E-state index in [-0.39, 0.29) is 6.71 Å². The van der Waals surface area contributed by atoms with E-state index in [2.05, 4.69) is 152 Å². The Morgan fingerprint density at radius 1 is 0.571 bits per heavy atom. The fourth-order valence-corrected chi connectivity index (χ4v) is 7.27. The number of nitrogens with zero attached hydrogens (tertiary/aromatic N) is 1. The quantitative estimate of drug-likeness (QED) is 0.171. The lowest BCUT2D eigenvalue weighted by molar-refractivity contribution is 0.487. The summed E-state index contributed by atoms with van der Waals surface area (Å²) in [5.74, 6) is 1.62. The van der Waals surface area contributed by atoms with Gasteiger partial charge in [-0.15, -0.1) is 0 Å². The highest BCUT2D eigenvalue weighted by Gasteiger charge is 2.43. The second-order valence-electron chi connectivity index (χ2n) is 10.5. The Balaban J connectivity index is 1.50. The third kappa shape index (κ3) is 4.14. The van der Waals surface area contributed by atoms with Gasteiger partial charge in [-0.25, -0.2) is 0 Å². The maximum Gasteiger partial charge on any atom is 0.256 e. The van der Waals surface area contributed by atoms with Crippen molar-refractivity contribution in [2.24, 2.45) is 0 Å². The molecule has 0 bridgehead atoms. The van der Waals surface area contributed by atoms with Gasteiger partial charge >= 0.3 is 0 Å². The van der Waals surface area contributed by atoms with E-state index in [1.54, 1.807) is 0 Å². The van der Waals surface area contributed by atoms with E-state index in [0.29, 0.717) is 5.02 Å².